The number of nitrogens with zero attached hydrogens (tertiary/aromatic N) is 2. The fraction of sp³-hybridized carbons (Fsp3) is 0.208. The zero-order chi connectivity index (χ0) is 22.3. The maximum absolute atomic E-state index is 13.4. The minimum Gasteiger partial charge on any atom is -0.299 e. The van der Waals surface area contributed by atoms with Crippen LogP contribution < -0.4 is 4.72 Å². The van der Waals surface area contributed by atoms with Crippen molar-refractivity contribution in [2.45, 2.75) is 30.6 Å². The van der Waals surface area contributed by atoms with Crippen molar-refractivity contribution in [1.82, 2.24) is 9.97 Å². The molecule has 0 spiro atoms. The molecule has 0 atom stereocenters. The van der Waals surface area contributed by atoms with E-state index in [2.05, 4.69) is 14.7 Å². The van der Waals surface area contributed by atoms with Crippen LogP contribution in [0.25, 0.3) is 17.3 Å². The number of hydrogen-bond acceptors (Lipinski definition) is 5. The molecule has 1 heterocycles. The van der Waals surface area contributed by atoms with Gasteiger partial charge in [-0.1, -0.05) is 30.4 Å². The number of nitrogens with one attached hydrogen (secondary N) is 1. The van der Waals surface area contributed by atoms with Gasteiger partial charge in [0.15, 0.2) is 0 Å². The number of hydrogen-bond donors (Lipinski definition) is 1. The molecule has 1 N–H and O–H groups in total. The highest BCUT2D eigenvalue weighted by atomic mass is 32.2. The van der Waals surface area contributed by atoms with Crippen molar-refractivity contribution in [1.29, 1.82) is 0 Å². The summed E-state index contributed by atoms with van der Waals surface area (Å²) in [6.45, 7) is 0. The normalized spacial score (nSPS) is 14.9. The third kappa shape index (κ3) is 4.18. The lowest BCUT2D eigenvalue weighted by molar-refractivity contribution is -0.119. The third-order valence-corrected chi connectivity index (χ3v) is 6.93. The lowest BCUT2D eigenvalue weighted by atomic mass is 10.0. The molecular weight excluding hydrogens is 429 g/mol. The number of fused-ring (bicyclic) bond motifs is 1. The topological polar surface area (TPSA) is 89.0 Å². The molecule has 162 valence electrons. The maximum Gasteiger partial charge on any atom is 0.261 e. The molecule has 3 aromatic rings. The van der Waals surface area contributed by atoms with E-state index in [4.69, 9.17) is 0 Å². The minimum atomic E-state index is -3.91. The van der Waals surface area contributed by atoms with E-state index in [1.54, 1.807) is 24.3 Å². The summed E-state index contributed by atoms with van der Waals surface area (Å²) in [7, 11) is -3.91. The maximum atomic E-state index is 13.4. The highest BCUT2D eigenvalue weighted by Gasteiger charge is 2.30. The number of benzene rings is 2. The lowest BCUT2D eigenvalue weighted by Gasteiger charge is -2.12. The van der Waals surface area contributed by atoms with Gasteiger partial charge >= 0.3 is 0 Å². The molecule has 5 rings (SSSR count). The SMILES string of the molecule is O=C(Cc1nc2c(c(-c3ccc(NS(=O)(=O)c4cccc(F)c4)cc3)n1)C=CC2)C1CC1. The average Bonchev–Trinajstić information content (AvgIpc) is 3.52. The molecule has 1 aromatic heterocycles. The Labute approximate surface area is 185 Å². The summed E-state index contributed by atoms with van der Waals surface area (Å²) in [5.41, 5.74) is 3.68. The Morgan fingerprint density at radius 2 is 1.88 bits per heavy atom. The number of allylic oxidation sites excluding steroid dienone is 1. The zero-order valence-electron chi connectivity index (χ0n) is 17.1. The second kappa shape index (κ2) is 7.94. The van der Waals surface area contributed by atoms with Crippen molar-refractivity contribution in [3.8, 4) is 11.3 Å². The second-order valence-corrected chi connectivity index (χ2v) is 9.70. The summed E-state index contributed by atoms with van der Waals surface area (Å²) in [6, 6.07) is 11.6. The molecule has 0 aliphatic heterocycles. The smallest absolute Gasteiger partial charge is 0.261 e. The number of rotatable bonds is 7. The number of halogens is 1. The summed E-state index contributed by atoms with van der Waals surface area (Å²) in [4.78, 5) is 21.3. The van der Waals surface area contributed by atoms with E-state index in [0.717, 1.165) is 41.4 Å². The van der Waals surface area contributed by atoms with Crippen LogP contribution in [0.4, 0.5) is 10.1 Å². The molecular formula is C24H20FN3O3S. The molecule has 1 fully saturated rings. The molecule has 0 radical (unpaired) electrons. The van der Waals surface area contributed by atoms with E-state index < -0.39 is 15.8 Å². The number of sulfonamides is 1. The van der Waals surface area contributed by atoms with Gasteiger partial charge in [0.05, 0.1) is 22.7 Å². The highest BCUT2D eigenvalue weighted by Crippen LogP contribution is 2.33. The Balaban J connectivity index is 1.42. The standard InChI is InChI=1S/C24H20FN3O3S/c25-17-3-1-4-19(13-17)32(30,31)28-18-11-9-16(10-12-18)24-20-5-2-6-21(20)26-23(27-24)14-22(29)15-7-8-15/h1-5,9-13,15,28H,6-8,14H2. The van der Waals surface area contributed by atoms with Crippen LogP contribution in [0.2, 0.25) is 0 Å². The summed E-state index contributed by atoms with van der Waals surface area (Å²) >= 11 is 0. The van der Waals surface area contributed by atoms with Gasteiger partial charge in [-0.15, -0.1) is 0 Å². The van der Waals surface area contributed by atoms with Crippen molar-refractivity contribution >= 4 is 27.6 Å². The minimum absolute atomic E-state index is 0.148. The summed E-state index contributed by atoms with van der Waals surface area (Å²) in [5.74, 6) is 0.239. The molecule has 0 bridgehead atoms. The van der Waals surface area contributed by atoms with Gasteiger partial charge in [0, 0.05) is 29.2 Å². The van der Waals surface area contributed by atoms with Crippen molar-refractivity contribution in [3.05, 3.63) is 77.5 Å². The number of aromatic nitrogens is 2. The Bertz CT molecular complexity index is 1350. The van der Waals surface area contributed by atoms with Crippen molar-refractivity contribution in [2.24, 2.45) is 5.92 Å². The number of carbonyl (C=O) groups is 1. The number of anilines is 1. The molecule has 2 aliphatic rings. The van der Waals surface area contributed by atoms with Crippen LogP contribution in [-0.4, -0.2) is 24.2 Å². The fourth-order valence-electron chi connectivity index (χ4n) is 3.74. The first kappa shape index (κ1) is 20.5. The summed E-state index contributed by atoms with van der Waals surface area (Å²) in [5, 5.41) is 0. The van der Waals surface area contributed by atoms with Crippen LogP contribution in [0.1, 0.15) is 29.9 Å². The van der Waals surface area contributed by atoms with E-state index >= 15 is 0 Å². The van der Waals surface area contributed by atoms with Gasteiger partial charge in [-0.25, -0.2) is 22.8 Å². The van der Waals surface area contributed by atoms with Gasteiger partial charge in [-0.3, -0.25) is 9.52 Å². The largest absolute Gasteiger partial charge is 0.299 e. The number of ketones is 1. The Morgan fingerprint density at radius 1 is 1.09 bits per heavy atom. The van der Waals surface area contributed by atoms with Gasteiger partial charge in [0.2, 0.25) is 0 Å². The van der Waals surface area contributed by atoms with Crippen LogP contribution in [0.3, 0.4) is 0 Å². The zero-order valence-corrected chi connectivity index (χ0v) is 17.9. The van der Waals surface area contributed by atoms with Gasteiger partial charge in [0.1, 0.15) is 17.4 Å². The lowest BCUT2D eigenvalue weighted by Crippen LogP contribution is -2.13. The Morgan fingerprint density at radius 3 is 2.59 bits per heavy atom. The van der Waals surface area contributed by atoms with Crippen molar-refractivity contribution in [2.75, 3.05) is 4.72 Å². The molecule has 1 saturated carbocycles. The monoisotopic (exact) mass is 449 g/mol. The first-order chi connectivity index (χ1) is 15.4. The van der Waals surface area contributed by atoms with Crippen LogP contribution in [0, 0.1) is 11.7 Å². The molecule has 8 heteroatoms. The number of carbonyl (C=O) groups excluding carboxylic acids is 1. The van der Waals surface area contributed by atoms with Gasteiger partial charge in [-0.2, -0.15) is 0 Å². The highest BCUT2D eigenvalue weighted by molar-refractivity contribution is 7.92. The van der Waals surface area contributed by atoms with Crippen molar-refractivity contribution in [3.63, 3.8) is 0 Å². The van der Waals surface area contributed by atoms with Gasteiger partial charge < -0.3 is 0 Å². The van der Waals surface area contributed by atoms with E-state index in [-0.39, 0.29) is 23.0 Å². The first-order valence-corrected chi connectivity index (χ1v) is 11.9. The fourth-order valence-corrected chi connectivity index (χ4v) is 4.82. The summed E-state index contributed by atoms with van der Waals surface area (Å²) in [6.07, 6.45) is 6.81. The van der Waals surface area contributed by atoms with Gasteiger partial charge in [0.25, 0.3) is 10.0 Å². The van der Waals surface area contributed by atoms with Crippen LogP contribution in [-0.2, 0) is 27.7 Å². The number of Topliss-reactive ketones (excluding diaryl/α,β-unsaturated/α-hetero) is 1. The molecule has 0 unspecified atom stereocenters. The molecule has 6 nitrogen and oxygen atoms in total. The van der Waals surface area contributed by atoms with Gasteiger partial charge in [-0.05, 0) is 43.2 Å². The third-order valence-electron chi connectivity index (χ3n) is 5.55. The Hall–Kier alpha value is -3.39. The first-order valence-electron chi connectivity index (χ1n) is 10.4. The quantitative estimate of drug-likeness (QED) is 0.585. The van der Waals surface area contributed by atoms with E-state index in [1.165, 1.54) is 18.2 Å². The predicted octanol–water partition coefficient (Wildman–Crippen LogP) is 4.17. The Kier molecular flexibility index (Phi) is 5.09. The molecule has 2 aromatic carbocycles. The van der Waals surface area contributed by atoms with E-state index in [9.17, 15) is 17.6 Å². The average molecular weight is 450 g/mol. The van der Waals surface area contributed by atoms with Crippen LogP contribution in [0.5, 0.6) is 0 Å². The van der Waals surface area contributed by atoms with E-state index in [1.807, 2.05) is 12.2 Å². The van der Waals surface area contributed by atoms with Crippen LogP contribution in [0.15, 0.2) is 59.5 Å². The molecule has 2 aliphatic carbocycles. The van der Waals surface area contributed by atoms with E-state index in [0.29, 0.717) is 17.9 Å². The second-order valence-electron chi connectivity index (χ2n) is 8.01. The molecule has 0 amide bonds. The molecule has 0 saturated heterocycles. The van der Waals surface area contributed by atoms with Crippen molar-refractivity contribution < 1.29 is 17.6 Å². The molecule has 32 heavy (non-hydrogen) atoms. The predicted molar refractivity (Wildman–Crippen MR) is 119 cm³/mol. The van der Waals surface area contributed by atoms with Crippen LogP contribution >= 0.6 is 0 Å². The summed E-state index contributed by atoms with van der Waals surface area (Å²) < 4.78 is 40.9.